The maximum atomic E-state index is 14.2. The van der Waals surface area contributed by atoms with Crippen molar-refractivity contribution in [2.45, 2.75) is 56.8 Å². The number of nitrogens with zero attached hydrogens (tertiary/aromatic N) is 1. The van der Waals surface area contributed by atoms with Gasteiger partial charge in [0.05, 0.1) is 11.8 Å². The molecule has 2 unspecified atom stereocenters. The Balaban J connectivity index is 1.60. The van der Waals surface area contributed by atoms with E-state index in [2.05, 4.69) is 10.5 Å². The zero-order valence-corrected chi connectivity index (χ0v) is 18.7. The number of carbonyl (C=O) groups excluding carboxylic acids is 1. The summed E-state index contributed by atoms with van der Waals surface area (Å²) in [6.07, 6.45) is -2.53. The smallest absolute Gasteiger partial charge is 0.374 e. The number of carbonyl (C=O) groups is 1. The van der Waals surface area contributed by atoms with Crippen molar-refractivity contribution < 1.29 is 22.8 Å². The van der Waals surface area contributed by atoms with Crippen LogP contribution in [-0.2, 0) is 21.7 Å². The number of alkyl halides is 3. The lowest BCUT2D eigenvalue weighted by molar-refractivity contribution is -0.275. The molecule has 9 heteroatoms. The first-order valence-electron chi connectivity index (χ1n) is 10.3. The van der Waals surface area contributed by atoms with Gasteiger partial charge in [-0.3, -0.25) is 4.79 Å². The molecule has 1 aliphatic carbocycles. The summed E-state index contributed by atoms with van der Waals surface area (Å²) in [5, 5.41) is 7.01. The Hall–Kier alpha value is -2.25. The lowest BCUT2D eigenvalue weighted by Crippen LogP contribution is -2.42. The number of amides is 1. The Morgan fingerprint density at radius 3 is 2.59 bits per heavy atom. The van der Waals surface area contributed by atoms with Crippen molar-refractivity contribution in [3.8, 4) is 0 Å². The van der Waals surface area contributed by atoms with Crippen molar-refractivity contribution in [3.63, 3.8) is 0 Å². The topological polar surface area (TPSA) is 50.7 Å². The largest absolute Gasteiger partial charge is 0.435 e. The third kappa shape index (κ3) is 4.20. The number of aryl methyl sites for hydroxylation is 1. The molecule has 0 spiro atoms. The van der Waals surface area contributed by atoms with E-state index < -0.39 is 18.2 Å². The monoisotopic (exact) mass is 484 g/mol. The van der Waals surface area contributed by atoms with Gasteiger partial charge in [0.15, 0.2) is 0 Å². The number of rotatable bonds is 5. The molecule has 1 amide bonds. The molecule has 32 heavy (non-hydrogen) atoms. The summed E-state index contributed by atoms with van der Waals surface area (Å²) in [7, 11) is 0. The van der Waals surface area contributed by atoms with E-state index in [1.165, 1.54) is 18.2 Å². The summed E-state index contributed by atoms with van der Waals surface area (Å²) in [6.45, 7) is 1.94. The number of halogens is 5. The molecular formula is C23H21Cl2F3N2O2. The van der Waals surface area contributed by atoms with E-state index in [0.717, 1.165) is 30.4 Å². The minimum Gasteiger partial charge on any atom is -0.374 e. The van der Waals surface area contributed by atoms with Crippen LogP contribution < -0.4 is 5.32 Å². The summed E-state index contributed by atoms with van der Waals surface area (Å²) >= 11 is 11.9. The van der Waals surface area contributed by atoms with Crippen LogP contribution in [0.2, 0.25) is 10.0 Å². The van der Waals surface area contributed by atoms with Gasteiger partial charge in [0, 0.05) is 28.5 Å². The van der Waals surface area contributed by atoms with Crippen molar-refractivity contribution in [2.75, 3.05) is 0 Å². The van der Waals surface area contributed by atoms with Gasteiger partial charge >= 0.3 is 6.18 Å². The van der Waals surface area contributed by atoms with Crippen LogP contribution in [0.1, 0.15) is 60.9 Å². The standard InChI is InChI=1S/C23H21Cl2F3N2O2/c1-2-3-21(31)29-19-7-5-13-8-14(4-6-18(13)19)20-12-22(32-30-20,23(26,27)28)15-9-16(24)11-17(25)10-15/h4,6,8-11,19H,2-3,5,7,12H2,1H3,(H,29,31). The van der Waals surface area contributed by atoms with Crippen LogP contribution in [0.15, 0.2) is 41.6 Å². The molecule has 0 saturated heterocycles. The molecule has 0 bridgehead atoms. The van der Waals surface area contributed by atoms with Crippen LogP contribution in [0.3, 0.4) is 0 Å². The fourth-order valence-electron chi connectivity index (χ4n) is 4.29. The SMILES string of the molecule is CCCC(=O)NC1CCc2cc(C3=NOC(c4cc(Cl)cc(Cl)c4)(C(F)(F)F)C3)ccc21. The minimum absolute atomic E-state index is 0.00172. The average molecular weight is 485 g/mol. The molecule has 1 heterocycles. The van der Waals surface area contributed by atoms with Crippen LogP contribution in [0.4, 0.5) is 13.2 Å². The molecular weight excluding hydrogens is 464 g/mol. The van der Waals surface area contributed by atoms with Crippen molar-refractivity contribution >= 4 is 34.8 Å². The molecule has 2 aromatic carbocycles. The maximum Gasteiger partial charge on any atom is 0.435 e. The van der Waals surface area contributed by atoms with Crippen LogP contribution in [0.5, 0.6) is 0 Å². The zero-order chi connectivity index (χ0) is 23.1. The van der Waals surface area contributed by atoms with Crippen molar-refractivity contribution in [1.82, 2.24) is 5.32 Å². The molecule has 0 aromatic heterocycles. The second kappa shape index (κ2) is 8.60. The molecule has 4 rings (SSSR count). The van der Waals surface area contributed by atoms with Crippen molar-refractivity contribution in [3.05, 3.63) is 68.7 Å². The van der Waals surface area contributed by atoms with Gasteiger partial charge in [-0.2, -0.15) is 13.2 Å². The van der Waals surface area contributed by atoms with Crippen molar-refractivity contribution in [2.24, 2.45) is 5.16 Å². The molecule has 0 radical (unpaired) electrons. The van der Waals surface area contributed by atoms with Crippen LogP contribution in [-0.4, -0.2) is 17.8 Å². The summed E-state index contributed by atoms with van der Waals surface area (Å²) in [6, 6.07) is 9.09. The van der Waals surface area contributed by atoms with Gasteiger partial charge in [-0.05, 0) is 60.2 Å². The van der Waals surface area contributed by atoms with E-state index in [1.54, 1.807) is 6.07 Å². The molecule has 2 aliphatic rings. The Kier molecular flexibility index (Phi) is 6.16. The Labute approximate surface area is 193 Å². The fourth-order valence-corrected chi connectivity index (χ4v) is 4.81. The number of nitrogens with one attached hydrogen (secondary N) is 1. The van der Waals surface area contributed by atoms with Gasteiger partial charge in [0.1, 0.15) is 0 Å². The van der Waals surface area contributed by atoms with Crippen LogP contribution in [0.25, 0.3) is 0 Å². The van der Waals surface area contributed by atoms with Crippen LogP contribution in [0, 0.1) is 0 Å². The highest BCUT2D eigenvalue weighted by Gasteiger charge is 2.62. The van der Waals surface area contributed by atoms with E-state index in [0.29, 0.717) is 12.0 Å². The average Bonchev–Trinajstić information content (AvgIpc) is 3.32. The molecule has 0 fully saturated rings. The van der Waals surface area contributed by atoms with Gasteiger partial charge in [-0.1, -0.05) is 47.4 Å². The summed E-state index contributed by atoms with van der Waals surface area (Å²) in [5.74, 6) is -0.00172. The lowest BCUT2D eigenvalue weighted by Gasteiger charge is -2.29. The Morgan fingerprint density at radius 2 is 1.94 bits per heavy atom. The number of oxime groups is 1. The lowest BCUT2D eigenvalue weighted by atomic mass is 9.86. The molecule has 0 saturated carbocycles. The number of benzene rings is 2. The second-order valence-corrected chi connectivity index (χ2v) is 8.98. The number of fused-ring (bicyclic) bond motifs is 1. The molecule has 2 aromatic rings. The maximum absolute atomic E-state index is 14.2. The third-order valence-electron chi connectivity index (χ3n) is 5.88. The number of hydrogen-bond donors (Lipinski definition) is 1. The van der Waals surface area contributed by atoms with Gasteiger partial charge in [-0.15, -0.1) is 0 Å². The van der Waals surface area contributed by atoms with Crippen LogP contribution >= 0.6 is 23.2 Å². The second-order valence-electron chi connectivity index (χ2n) is 8.11. The predicted molar refractivity (Wildman–Crippen MR) is 117 cm³/mol. The van der Waals surface area contributed by atoms with Gasteiger partial charge in [0.2, 0.25) is 5.91 Å². The van der Waals surface area contributed by atoms with Crippen molar-refractivity contribution in [1.29, 1.82) is 0 Å². The Morgan fingerprint density at radius 1 is 1.22 bits per heavy atom. The van der Waals surface area contributed by atoms with E-state index in [1.807, 2.05) is 19.1 Å². The van der Waals surface area contributed by atoms with Gasteiger partial charge in [-0.25, -0.2) is 0 Å². The minimum atomic E-state index is -4.74. The third-order valence-corrected chi connectivity index (χ3v) is 6.32. The quantitative estimate of drug-likeness (QED) is 0.527. The molecule has 4 nitrogen and oxygen atoms in total. The summed E-state index contributed by atoms with van der Waals surface area (Å²) in [4.78, 5) is 17.0. The molecule has 170 valence electrons. The molecule has 1 N–H and O–H groups in total. The molecule has 2 atom stereocenters. The summed E-state index contributed by atoms with van der Waals surface area (Å²) in [5.41, 5.74) is -0.125. The van der Waals surface area contributed by atoms with E-state index in [4.69, 9.17) is 28.0 Å². The first-order valence-corrected chi connectivity index (χ1v) is 11.1. The highest BCUT2D eigenvalue weighted by atomic mass is 35.5. The van der Waals surface area contributed by atoms with E-state index >= 15 is 0 Å². The number of hydrogen-bond acceptors (Lipinski definition) is 3. The highest BCUT2D eigenvalue weighted by molar-refractivity contribution is 6.34. The zero-order valence-electron chi connectivity index (χ0n) is 17.2. The first-order chi connectivity index (χ1) is 15.1. The fraction of sp³-hybridized carbons (Fsp3) is 0.391. The van der Waals surface area contributed by atoms with Gasteiger partial charge < -0.3 is 10.2 Å². The molecule has 1 aliphatic heterocycles. The normalized spacial score (nSPS) is 22.3. The Bertz CT molecular complexity index is 1070. The van der Waals surface area contributed by atoms with E-state index in [9.17, 15) is 18.0 Å². The van der Waals surface area contributed by atoms with Gasteiger partial charge in [0.25, 0.3) is 5.60 Å². The first kappa shape index (κ1) is 22.9. The predicted octanol–water partition coefficient (Wildman–Crippen LogP) is 6.48. The highest BCUT2D eigenvalue weighted by Crippen LogP contribution is 2.50. The summed E-state index contributed by atoms with van der Waals surface area (Å²) < 4.78 is 42.6. The van der Waals surface area contributed by atoms with E-state index in [-0.39, 0.29) is 33.3 Å².